The number of pyridine rings is 1. The minimum absolute atomic E-state index is 0.0399. The van der Waals surface area contributed by atoms with E-state index in [1.54, 1.807) is 24.3 Å². The van der Waals surface area contributed by atoms with E-state index in [-0.39, 0.29) is 55.4 Å². The van der Waals surface area contributed by atoms with Gasteiger partial charge in [0.2, 0.25) is 15.9 Å². The maximum absolute atomic E-state index is 13.8. The summed E-state index contributed by atoms with van der Waals surface area (Å²) in [5, 5.41) is 15.7. The second kappa shape index (κ2) is 13.8. The zero-order valence-corrected chi connectivity index (χ0v) is 27.4. The second-order valence-electron chi connectivity index (χ2n) is 11.1. The summed E-state index contributed by atoms with van der Waals surface area (Å²) in [6.45, 7) is 0.135. The fraction of sp³-hybridized carbons (Fsp3) is 0.333. The van der Waals surface area contributed by atoms with Crippen LogP contribution >= 0.6 is 46.4 Å². The summed E-state index contributed by atoms with van der Waals surface area (Å²) in [7, 11) is -4.19. The topological polar surface area (TPSA) is 146 Å². The van der Waals surface area contributed by atoms with E-state index in [0.717, 1.165) is 19.3 Å². The largest absolute Gasteiger partial charge is 0.480 e. The molecule has 1 aromatic heterocycles. The maximum atomic E-state index is 13.8. The van der Waals surface area contributed by atoms with Gasteiger partial charge in [-0.25, -0.2) is 13.2 Å². The van der Waals surface area contributed by atoms with Crippen molar-refractivity contribution in [3.8, 4) is 0 Å². The number of benzene rings is 2. The summed E-state index contributed by atoms with van der Waals surface area (Å²) in [5.74, 6) is -2.81. The molecule has 45 heavy (non-hydrogen) atoms. The van der Waals surface area contributed by atoms with E-state index < -0.39 is 39.9 Å². The normalized spacial score (nSPS) is 20.7. The van der Waals surface area contributed by atoms with E-state index in [9.17, 15) is 27.9 Å². The summed E-state index contributed by atoms with van der Waals surface area (Å²) in [4.78, 5) is 42.4. The molecular formula is C30H28Cl4N4O6S. The van der Waals surface area contributed by atoms with Gasteiger partial charge in [0.1, 0.15) is 12.1 Å². The second-order valence-corrected chi connectivity index (χ2v) is 14.6. The van der Waals surface area contributed by atoms with Crippen LogP contribution in [0.4, 0.5) is 5.69 Å². The third kappa shape index (κ3) is 7.40. The van der Waals surface area contributed by atoms with Gasteiger partial charge in [0.15, 0.2) is 0 Å². The average Bonchev–Trinajstić information content (AvgIpc) is 3.38. The van der Waals surface area contributed by atoms with E-state index in [1.165, 1.54) is 34.9 Å². The van der Waals surface area contributed by atoms with Gasteiger partial charge < -0.3 is 15.7 Å². The van der Waals surface area contributed by atoms with Gasteiger partial charge in [0, 0.05) is 41.1 Å². The first kappa shape index (κ1) is 33.4. The summed E-state index contributed by atoms with van der Waals surface area (Å²) in [6, 6.07) is 7.92. The molecule has 10 nitrogen and oxygen atoms in total. The van der Waals surface area contributed by atoms with Crippen molar-refractivity contribution in [2.24, 2.45) is 11.8 Å². The third-order valence-corrected chi connectivity index (χ3v) is 11.0. The SMILES string of the molecule is O=C(Nc1ccc(C[C@H](NC(=O)C2C3CCCCC3CN2S(=O)(=O)c2cc(Cl)cc(Cl)c2)C(=O)O)cc1)c1c(Cl)cncc1Cl. The molecule has 0 spiro atoms. The molecule has 2 aliphatic rings. The van der Waals surface area contributed by atoms with E-state index in [2.05, 4.69) is 15.6 Å². The van der Waals surface area contributed by atoms with Crippen LogP contribution in [0.15, 0.2) is 59.8 Å². The molecule has 15 heteroatoms. The molecule has 3 unspecified atom stereocenters. The monoisotopic (exact) mass is 712 g/mol. The summed E-state index contributed by atoms with van der Waals surface area (Å²) in [5.41, 5.74) is 1.02. The first-order valence-corrected chi connectivity index (χ1v) is 17.0. The third-order valence-electron chi connectivity index (χ3n) is 8.16. The molecule has 2 heterocycles. The van der Waals surface area contributed by atoms with E-state index in [1.807, 2.05) is 0 Å². The number of sulfonamides is 1. The van der Waals surface area contributed by atoms with Crippen molar-refractivity contribution in [1.82, 2.24) is 14.6 Å². The molecule has 1 saturated carbocycles. The lowest BCUT2D eigenvalue weighted by Crippen LogP contribution is -2.53. The molecule has 1 aliphatic heterocycles. The number of carbonyl (C=O) groups excluding carboxylic acids is 2. The van der Waals surface area contributed by atoms with E-state index in [0.29, 0.717) is 17.7 Å². The first-order chi connectivity index (χ1) is 21.3. The molecule has 0 radical (unpaired) electrons. The molecule has 3 N–H and O–H groups in total. The molecule has 5 rings (SSSR count). The lowest BCUT2D eigenvalue weighted by molar-refractivity contribution is -0.142. The first-order valence-electron chi connectivity index (χ1n) is 14.1. The lowest BCUT2D eigenvalue weighted by atomic mass is 9.78. The van der Waals surface area contributed by atoms with Crippen molar-refractivity contribution < 1.29 is 27.9 Å². The number of hydrogen-bond acceptors (Lipinski definition) is 6. The lowest BCUT2D eigenvalue weighted by Gasteiger charge is -2.30. The van der Waals surface area contributed by atoms with E-state index >= 15 is 0 Å². The number of nitrogens with zero attached hydrogens (tertiary/aromatic N) is 2. The van der Waals surface area contributed by atoms with Crippen LogP contribution < -0.4 is 10.6 Å². The van der Waals surface area contributed by atoms with Gasteiger partial charge in [-0.15, -0.1) is 0 Å². The number of amides is 2. The Balaban J connectivity index is 1.33. The molecular weight excluding hydrogens is 686 g/mol. The highest BCUT2D eigenvalue weighted by atomic mass is 35.5. The Morgan fingerprint density at radius 1 is 0.956 bits per heavy atom. The van der Waals surface area contributed by atoms with Crippen LogP contribution in [-0.4, -0.2) is 59.2 Å². The highest BCUT2D eigenvalue weighted by molar-refractivity contribution is 7.89. The van der Waals surface area contributed by atoms with Crippen LogP contribution in [0.3, 0.4) is 0 Å². The van der Waals surface area contributed by atoms with Crippen LogP contribution in [0.2, 0.25) is 20.1 Å². The molecule has 238 valence electrons. The van der Waals surface area contributed by atoms with Crippen molar-refractivity contribution in [3.05, 3.63) is 86.1 Å². The minimum atomic E-state index is -4.19. The fourth-order valence-electron chi connectivity index (χ4n) is 6.06. The number of carboxylic acids is 1. The van der Waals surface area contributed by atoms with Gasteiger partial charge >= 0.3 is 5.97 Å². The number of aromatic nitrogens is 1. The minimum Gasteiger partial charge on any atom is -0.480 e. The fourth-order valence-corrected chi connectivity index (χ4v) is 9.01. The van der Waals surface area contributed by atoms with Crippen LogP contribution in [0.5, 0.6) is 0 Å². The number of fused-ring (bicyclic) bond motifs is 1. The number of carboxylic acid groups (broad SMARTS) is 1. The summed E-state index contributed by atoms with van der Waals surface area (Å²) < 4.78 is 28.8. The molecule has 2 amide bonds. The Morgan fingerprint density at radius 3 is 2.20 bits per heavy atom. The van der Waals surface area contributed by atoms with Crippen LogP contribution in [-0.2, 0) is 26.0 Å². The van der Waals surface area contributed by atoms with Gasteiger partial charge in [0.25, 0.3) is 5.91 Å². The summed E-state index contributed by atoms with van der Waals surface area (Å²) >= 11 is 24.3. The molecule has 4 atom stereocenters. The van der Waals surface area contributed by atoms with Crippen LogP contribution in [0.25, 0.3) is 0 Å². The van der Waals surface area contributed by atoms with Gasteiger partial charge in [-0.05, 0) is 60.6 Å². The molecule has 1 aliphatic carbocycles. The molecule has 2 aromatic carbocycles. The Hall–Kier alpha value is -2.93. The zero-order chi connectivity index (χ0) is 32.5. The van der Waals surface area contributed by atoms with E-state index in [4.69, 9.17) is 46.4 Å². The van der Waals surface area contributed by atoms with Crippen molar-refractivity contribution in [2.75, 3.05) is 11.9 Å². The highest BCUT2D eigenvalue weighted by Gasteiger charge is 2.51. The van der Waals surface area contributed by atoms with Crippen molar-refractivity contribution in [3.63, 3.8) is 0 Å². The number of aliphatic carboxylic acids is 1. The standard InChI is InChI=1S/C30H28Cl4N4O6S/c31-18-10-19(32)12-21(11-18)45(43,44)38-15-17-3-1-2-4-22(17)27(38)29(40)37-25(30(41)42)9-16-5-7-20(8-6-16)36-28(39)26-23(33)13-35-14-24(26)34/h5-8,10-14,17,22,25,27H,1-4,9,15H2,(H,36,39)(H,37,40)(H,41,42)/t17?,22?,25-,27?/m0/s1. The Kier molecular flexibility index (Phi) is 10.3. The highest BCUT2D eigenvalue weighted by Crippen LogP contribution is 2.43. The van der Waals surface area contributed by atoms with Gasteiger partial charge in [0.05, 0.1) is 20.5 Å². The predicted molar refractivity (Wildman–Crippen MR) is 172 cm³/mol. The number of nitrogens with one attached hydrogen (secondary N) is 2. The maximum Gasteiger partial charge on any atom is 0.326 e. The van der Waals surface area contributed by atoms with Crippen molar-refractivity contribution in [2.45, 2.75) is 49.1 Å². The van der Waals surface area contributed by atoms with Crippen molar-refractivity contribution in [1.29, 1.82) is 0 Å². The Morgan fingerprint density at radius 2 is 1.58 bits per heavy atom. The predicted octanol–water partition coefficient (Wildman–Crippen LogP) is 5.94. The number of hydrogen-bond donors (Lipinski definition) is 3. The van der Waals surface area contributed by atoms with Crippen LogP contribution in [0, 0.1) is 11.8 Å². The quantitative estimate of drug-likeness (QED) is 0.249. The Labute approximate surface area is 280 Å². The van der Waals surface area contributed by atoms with Gasteiger partial charge in [-0.2, -0.15) is 4.31 Å². The Bertz CT molecular complexity index is 1700. The number of carbonyl (C=O) groups is 3. The van der Waals surface area contributed by atoms with Gasteiger partial charge in [-0.1, -0.05) is 71.4 Å². The molecule has 1 saturated heterocycles. The molecule has 2 fully saturated rings. The summed E-state index contributed by atoms with van der Waals surface area (Å²) in [6.07, 6.45) is 5.68. The smallest absolute Gasteiger partial charge is 0.326 e. The average molecular weight is 714 g/mol. The molecule has 0 bridgehead atoms. The number of rotatable bonds is 9. The molecule has 3 aromatic rings. The zero-order valence-electron chi connectivity index (χ0n) is 23.6. The number of halogens is 4. The van der Waals surface area contributed by atoms with Crippen molar-refractivity contribution >= 4 is 79.9 Å². The van der Waals surface area contributed by atoms with Gasteiger partial charge in [-0.3, -0.25) is 14.6 Å². The van der Waals surface area contributed by atoms with Crippen LogP contribution in [0.1, 0.15) is 41.6 Å². The number of anilines is 1.